The van der Waals surface area contributed by atoms with Crippen molar-refractivity contribution in [2.45, 2.75) is 57.9 Å². The van der Waals surface area contributed by atoms with Crippen molar-refractivity contribution in [3.05, 3.63) is 28.5 Å². The molecule has 35 heavy (non-hydrogen) atoms. The van der Waals surface area contributed by atoms with Gasteiger partial charge in [-0.2, -0.15) is 0 Å². The number of esters is 1. The van der Waals surface area contributed by atoms with Crippen LogP contribution in [0.1, 0.15) is 71.8 Å². The van der Waals surface area contributed by atoms with Gasteiger partial charge in [-0.1, -0.05) is 12.8 Å². The average Bonchev–Trinajstić information content (AvgIpc) is 3.43. The van der Waals surface area contributed by atoms with Crippen LogP contribution in [0.3, 0.4) is 0 Å². The number of ether oxygens (including phenoxy) is 1. The van der Waals surface area contributed by atoms with Crippen molar-refractivity contribution in [1.29, 1.82) is 0 Å². The molecule has 1 amide bonds. The van der Waals surface area contributed by atoms with Gasteiger partial charge in [0, 0.05) is 36.3 Å². The lowest BCUT2D eigenvalue weighted by molar-refractivity contribution is 0.0117. The predicted octanol–water partition coefficient (Wildman–Crippen LogP) is 5.40. The molecule has 2 aromatic rings. The van der Waals surface area contributed by atoms with E-state index in [2.05, 4.69) is 15.3 Å². The van der Waals surface area contributed by atoms with Crippen LogP contribution in [0.4, 0.5) is 23.4 Å². The van der Waals surface area contributed by atoms with Crippen molar-refractivity contribution in [3.8, 4) is 10.4 Å². The zero-order chi connectivity index (χ0) is 25.3. The van der Waals surface area contributed by atoms with E-state index in [1.165, 1.54) is 32.0 Å². The smallest absolute Gasteiger partial charge is 0.367 e. The molecule has 0 spiro atoms. The van der Waals surface area contributed by atoms with Crippen molar-refractivity contribution in [2.24, 2.45) is 5.92 Å². The van der Waals surface area contributed by atoms with E-state index in [0.717, 1.165) is 11.3 Å². The lowest BCUT2D eigenvalue weighted by atomic mass is 10.1. The second-order valence-electron chi connectivity index (χ2n) is 8.88. The molecule has 1 aliphatic carbocycles. The van der Waals surface area contributed by atoms with Gasteiger partial charge >= 0.3 is 5.97 Å². The lowest BCUT2D eigenvalue weighted by Gasteiger charge is -2.20. The molecule has 0 aromatic carbocycles. The quantitative estimate of drug-likeness (QED) is 0.356. The molecule has 7 nitrogen and oxygen atoms in total. The van der Waals surface area contributed by atoms with Gasteiger partial charge in [-0.15, -0.1) is 11.3 Å². The summed E-state index contributed by atoms with van der Waals surface area (Å²) in [6.07, 6.45) is 1.02. The van der Waals surface area contributed by atoms with Crippen molar-refractivity contribution in [2.75, 3.05) is 25.0 Å². The molecule has 1 N–H and O–H groups in total. The Morgan fingerprint density at radius 3 is 2.69 bits per heavy atom. The van der Waals surface area contributed by atoms with Gasteiger partial charge in [0.2, 0.25) is 5.01 Å². The molecule has 1 saturated heterocycles. The zero-order valence-corrected chi connectivity index (χ0v) is 20.1. The Hall–Kier alpha value is -2.76. The first-order valence-corrected chi connectivity index (χ1v) is 12.3. The number of carbonyl (C=O) groups excluding carboxylic acids is 2. The fourth-order valence-corrected chi connectivity index (χ4v) is 5.08. The summed E-state index contributed by atoms with van der Waals surface area (Å²) in [6, 6.07) is 0.418. The van der Waals surface area contributed by atoms with Crippen LogP contribution in [-0.4, -0.2) is 58.4 Å². The van der Waals surface area contributed by atoms with Gasteiger partial charge in [0.25, 0.3) is 18.3 Å². The molecule has 4 rings (SSSR count). The Labute approximate surface area is 203 Å². The van der Waals surface area contributed by atoms with Crippen LogP contribution in [0.2, 0.25) is 0 Å². The molecule has 0 unspecified atom stereocenters. The van der Waals surface area contributed by atoms with Crippen LogP contribution < -0.4 is 5.32 Å². The van der Waals surface area contributed by atoms with Crippen molar-refractivity contribution >= 4 is 29.0 Å². The number of nitrogens with one attached hydrogen (secondary N) is 1. The van der Waals surface area contributed by atoms with E-state index >= 15 is 0 Å². The number of pyridine rings is 1. The second-order valence-corrected chi connectivity index (χ2v) is 9.87. The van der Waals surface area contributed by atoms with Crippen LogP contribution in [0.25, 0.3) is 10.4 Å². The summed E-state index contributed by atoms with van der Waals surface area (Å²) < 4.78 is 61.0. The van der Waals surface area contributed by atoms with E-state index in [1.807, 2.05) is 0 Å². The third-order valence-electron chi connectivity index (χ3n) is 6.04. The zero-order valence-electron chi connectivity index (χ0n) is 19.3. The molecule has 0 bridgehead atoms. The van der Waals surface area contributed by atoms with Gasteiger partial charge in [-0.3, -0.25) is 4.79 Å². The summed E-state index contributed by atoms with van der Waals surface area (Å²) in [5.41, 5.74) is -0.828. The maximum absolute atomic E-state index is 14.1. The third-order valence-corrected chi connectivity index (χ3v) is 7.11. The Bertz CT molecular complexity index is 1110. The van der Waals surface area contributed by atoms with Gasteiger partial charge in [-0.25, -0.2) is 32.3 Å². The highest BCUT2D eigenvalue weighted by molar-refractivity contribution is 7.17. The lowest BCUT2D eigenvalue weighted by Crippen LogP contribution is -2.35. The van der Waals surface area contributed by atoms with Gasteiger partial charge < -0.3 is 15.0 Å². The SMILES string of the molecule is CCOC(=O)c1nc(C(=O)N2CC(F)(F)C[C@@H]2C)c(-c2cnc(NCCC3CC3)cc2C(F)F)s1. The number of hydrogen-bond donors (Lipinski definition) is 1. The van der Waals surface area contributed by atoms with E-state index in [4.69, 9.17) is 4.74 Å². The number of likely N-dealkylation sites (tertiary alicyclic amines) is 1. The Kier molecular flexibility index (Phi) is 7.30. The van der Waals surface area contributed by atoms with Crippen molar-refractivity contribution < 1.29 is 31.9 Å². The summed E-state index contributed by atoms with van der Waals surface area (Å²) in [6.45, 7) is 2.88. The first-order valence-electron chi connectivity index (χ1n) is 11.5. The molecule has 1 saturated carbocycles. The van der Waals surface area contributed by atoms with E-state index in [-0.39, 0.29) is 33.6 Å². The number of aromatic nitrogens is 2. The molecule has 12 heteroatoms. The fourth-order valence-electron chi connectivity index (χ4n) is 4.10. The van der Waals surface area contributed by atoms with Crippen molar-refractivity contribution in [3.63, 3.8) is 0 Å². The average molecular weight is 515 g/mol. The van der Waals surface area contributed by atoms with Crippen LogP contribution in [0.15, 0.2) is 12.3 Å². The summed E-state index contributed by atoms with van der Waals surface area (Å²) in [5.74, 6) is -3.84. The maximum Gasteiger partial charge on any atom is 0.367 e. The van der Waals surface area contributed by atoms with E-state index < -0.39 is 48.8 Å². The number of anilines is 1. The Morgan fingerprint density at radius 1 is 1.34 bits per heavy atom. The molecular weight excluding hydrogens is 488 g/mol. The first kappa shape index (κ1) is 25.3. The van der Waals surface area contributed by atoms with Crippen LogP contribution in [0.5, 0.6) is 0 Å². The molecular formula is C23H26F4N4O3S. The van der Waals surface area contributed by atoms with Gasteiger partial charge in [-0.05, 0) is 32.3 Å². The third kappa shape index (κ3) is 5.74. The number of thiazole rings is 1. The van der Waals surface area contributed by atoms with Crippen LogP contribution >= 0.6 is 11.3 Å². The summed E-state index contributed by atoms with van der Waals surface area (Å²) in [5, 5.41) is 2.81. The minimum atomic E-state index is -3.07. The Balaban J connectivity index is 1.71. The fraction of sp³-hybridized carbons (Fsp3) is 0.565. The topological polar surface area (TPSA) is 84.4 Å². The van der Waals surface area contributed by atoms with Crippen LogP contribution in [-0.2, 0) is 4.74 Å². The second kappa shape index (κ2) is 10.1. The number of rotatable bonds is 9. The first-order chi connectivity index (χ1) is 16.6. The number of nitrogens with zero attached hydrogens (tertiary/aromatic N) is 3. The van der Waals surface area contributed by atoms with Gasteiger partial charge in [0.05, 0.1) is 18.0 Å². The van der Waals surface area contributed by atoms with Crippen molar-refractivity contribution in [1.82, 2.24) is 14.9 Å². The largest absolute Gasteiger partial charge is 0.461 e. The molecule has 2 fully saturated rings. The van der Waals surface area contributed by atoms with E-state index in [1.54, 1.807) is 6.92 Å². The molecule has 0 radical (unpaired) electrons. The molecule has 190 valence electrons. The highest BCUT2D eigenvalue weighted by Crippen LogP contribution is 2.40. The Morgan fingerprint density at radius 2 is 2.09 bits per heavy atom. The maximum atomic E-state index is 14.1. The number of alkyl halides is 4. The van der Waals surface area contributed by atoms with Crippen LogP contribution in [0, 0.1) is 5.92 Å². The van der Waals surface area contributed by atoms with Gasteiger partial charge in [0.15, 0.2) is 0 Å². The minimum Gasteiger partial charge on any atom is -0.461 e. The number of halogens is 4. The van der Waals surface area contributed by atoms with E-state index in [0.29, 0.717) is 23.8 Å². The predicted molar refractivity (Wildman–Crippen MR) is 122 cm³/mol. The highest BCUT2D eigenvalue weighted by atomic mass is 32.1. The number of amides is 1. The summed E-state index contributed by atoms with van der Waals surface area (Å²) >= 11 is 0.702. The molecule has 1 atom stereocenters. The number of carbonyl (C=O) groups is 2. The normalized spacial score (nSPS) is 19.3. The molecule has 2 aromatic heterocycles. The summed E-state index contributed by atoms with van der Waals surface area (Å²) in [4.78, 5) is 34.8. The monoisotopic (exact) mass is 514 g/mol. The molecule has 2 aliphatic rings. The van der Waals surface area contributed by atoms with Gasteiger partial charge in [0.1, 0.15) is 11.5 Å². The van der Waals surface area contributed by atoms with E-state index in [9.17, 15) is 27.2 Å². The minimum absolute atomic E-state index is 0.0344. The summed E-state index contributed by atoms with van der Waals surface area (Å²) in [7, 11) is 0. The number of hydrogen-bond acceptors (Lipinski definition) is 7. The highest BCUT2D eigenvalue weighted by Gasteiger charge is 2.46. The molecule has 1 aliphatic heterocycles. The molecule has 3 heterocycles. The standard InChI is InChI=1S/C23H26F4N4O3S/c1-3-34-22(33)20-30-17(21(32)31-11-23(26,27)9-12(31)2)18(35-20)15-10-29-16(8-14(15)19(24)25)28-7-6-13-4-5-13/h8,10,12-13,19H,3-7,9,11H2,1-2H3,(H,28,29)/t12-/m0/s1.